The fourth-order valence-electron chi connectivity index (χ4n) is 9.18. The average molecular weight is 921 g/mol. The average Bonchev–Trinajstić information content (AvgIpc) is 3.83. The Labute approximate surface area is 398 Å². The van der Waals surface area contributed by atoms with Crippen LogP contribution in [0.3, 0.4) is 0 Å². The predicted molar refractivity (Wildman–Crippen MR) is 286 cm³/mol. The Balaban J connectivity index is 0.930. The molecule has 5 heterocycles. The van der Waals surface area contributed by atoms with Crippen LogP contribution in [-0.2, 0) is 0 Å². The first-order chi connectivity index (χ1) is 32.7. The molecule has 0 atom stereocenters. The van der Waals surface area contributed by atoms with Gasteiger partial charge in [0.2, 0.25) is 0 Å². The van der Waals surface area contributed by atoms with Crippen LogP contribution in [0.25, 0.3) is 77.8 Å². The standard InChI is InChI=1S/C58H52N6O2Si2/c1-37-21-23-59-57(25-37)63-53-15-11-9-13-47(53)49-19-17-41(33-55(49)63)65-43-27-39(29-45(31-43)67(3,4)5)51-35-62-52(36-61-51)40-28-44(32-46(30-40)68(6,7)8)66-42-18-20-50-48-14-10-12-16-54(48)64(56(50)34-42)58-26-38(2)22-24-60-58/h9-36H,1-8H3. The van der Waals surface area contributed by atoms with E-state index in [2.05, 4.69) is 196 Å². The van der Waals surface area contributed by atoms with Crippen LogP contribution in [0.2, 0.25) is 39.3 Å². The van der Waals surface area contributed by atoms with Gasteiger partial charge in [0, 0.05) is 57.2 Å². The molecule has 334 valence electrons. The number of hydrogen-bond acceptors (Lipinski definition) is 6. The maximum absolute atomic E-state index is 6.79. The summed E-state index contributed by atoms with van der Waals surface area (Å²) in [6.45, 7) is 18.3. The highest BCUT2D eigenvalue weighted by Crippen LogP contribution is 2.38. The van der Waals surface area contributed by atoms with Crippen LogP contribution in [0.1, 0.15) is 11.1 Å². The van der Waals surface area contributed by atoms with E-state index in [1.165, 1.54) is 21.1 Å². The Bertz CT molecular complexity index is 3500. The van der Waals surface area contributed by atoms with Crippen LogP contribution in [0.5, 0.6) is 23.0 Å². The fraction of sp³-hybridized carbons (Fsp3) is 0.138. The molecule has 6 aromatic carbocycles. The Kier molecular flexibility index (Phi) is 10.5. The number of fused-ring (bicyclic) bond motifs is 6. The van der Waals surface area contributed by atoms with Crippen molar-refractivity contribution < 1.29 is 9.47 Å². The van der Waals surface area contributed by atoms with Gasteiger partial charge >= 0.3 is 0 Å². The third-order valence-electron chi connectivity index (χ3n) is 12.8. The van der Waals surface area contributed by atoms with Crippen molar-refractivity contribution in [1.29, 1.82) is 0 Å². The molecule has 68 heavy (non-hydrogen) atoms. The Hall–Kier alpha value is -7.67. The van der Waals surface area contributed by atoms with Crippen molar-refractivity contribution in [3.05, 3.63) is 182 Å². The molecule has 0 saturated heterocycles. The van der Waals surface area contributed by atoms with Crippen molar-refractivity contribution in [1.82, 2.24) is 29.1 Å². The molecule has 0 saturated carbocycles. The molecule has 0 aliphatic carbocycles. The molecule has 11 aromatic rings. The van der Waals surface area contributed by atoms with Gasteiger partial charge in [-0.2, -0.15) is 0 Å². The summed E-state index contributed by atoms with van der Waals surface area (Å²) in [6.07, 6.45) is 7.51. The molecule has 11 rings (SSSR count). The largest absolute Gasteiger partial charge is 0.457 e. The zero-order valence-corrected chi connectivity index (χ0v) is 41.7. The second kappa shape index (κ2) is 16.6. The molecule has 0 aliphatic rings. The molecule has 5 aromatic heterocycles. The summed E-state index contributed by atoms with van der Waals surface area (Å²) < 4.78 is 18.0. The third-order valence-corrected chi connectivity index (χ3v) is 16.9. The predicted octanol–water partition coefficient (Wildman–Crippen LogP) is 14.1. The molecular weight excluding hydrogens is 869 g/mol. The van der Waals surface area contributed by atoms with E-state index in [4.69, 9.17) is 29.4 Å². The van der Waals surface area contributed by atoms with E-state index in [1.54, 1.807) is 0 Å². The Morgan fingerprint density at radius 3 is 1.19 bits per heavy atom. The van der Waals surface area contributed by atoms with Crippen LogP contribution < -0.4 is 19.8 Å². The van der Waals surface area contributed by atoms with Crippen molar-refractivity contribution in [2.24, 2.45) is 0 Å². The van der Waals surface area contributed by atoms with Crippen LogP contribution in [0.15, 0.2) is 170 Å². The Morgan fingerprint density at radius 1 is 0.382 bits per heavy atom. The molecule has 8 nitrogen and oxygen atoms in total. The second-order valence-electron chi connectivity index (χ2n) is 19.9. The minimum atomic E-state index is -1.80. The van der Waals surface area contributed by atoms with Crippen LogP contribution in [0, 0.1) is 13.8 Å². The van der Waals surface area contributed by atoms with E-state index in [0.717, 1.165) is 101 Å². The number of aromatic nitrogens is 6. The minimum absolute atomic E-state index is 0.750. The van der Waals surface area contributed by atoms with Crippen molar-refractivity contribution in [3.8, 4) is 57.1 Å². The van der Waals surface area contributed by atoms with Crippen LogP contribution in [-0.4, -0.2) is 45.2 Å². The van der Waals surface area contributed by atoms with Gasteiger partial charge < -0.3 is 9.47 Å². The van der Waals surface area contributed by atoms with Gasteiger partial charge in [-0.15, -0.1) is 0 Å². The molecule has 0 fully saturated rings. The highest BCUT2D eigenvalue weighted by molar-refractivity contribution is 6.89. The first kappa shape index (κ1) is 42.9. The molecule has 0 unspecified atom stereocenters. The van der Waals surface area contributed by atoms with Crippen molar-refractivity contribution in [2.45, 2.75) is 53.1 Å². The van der Waals surface area contributed by atoms with E-state index >= 15 is 0 Å². The lowest BCUT2D eigenvalue weighted by atomic mass is 10.1. The van der Waals surface area contributed by atoms with Gasteiger partial charge in [0.05, 0.1) is 62.0 Å². The van der Waals surface area contributed by atoms with Crippen molar-refractivity contribution >= 4 is 70.1 Å². The van der Waals surface area contributed by atoms with E-state index in [-0.39, 0.29) is 0 Å². The number of para-hydroxylation sites is 2. The SMILES string of the molecule is Cc1ccnc(-n2c3ccccc3c3ccc(Oc4cc(-c5cnc(-c6cc(Oc7ccc8c9ccccc9n(-c9cc(C)ccn9)c8c7)cc([Si](C)(C)C)c6)cn5)cc([Si](C)(C)C)c4)cc32)c1. The highest BCUT2D eigenvalue weighted by atomic mass is 28.3. The van der Waals surface area contributed by atoms with Crippen molar-refractivity contribution in [3.63, 3.8) is 0 Å². The summed E-state index contributed by atoms with van der Waals surface area (Å²) in [6, 6.07) is 51.0. The molecule has 0 spiro atoms. The summed E-state index contributed by atoms with van der Waals surface area (Å²) in [5, 5.41) is 7.19. The Morgan fingerprint density at radius 2 is 0.794 bits per heavy atom. The number of pyridine rings is 2. The van der Waals surface area contributed by atoms with Gasteiger partial charge in [0.15, 0.2) is 0 Å². The summed E-state index contributed by atoms with van der Waals surface area (Å²) >= 11 is 0. The van der Waals surface area contributed by atoms with Gasteiger partial charge in [-0.25, -0.2) is 9.97 Å². The second-order valence-corrected chi connectivity index (χ2v) is 30.1. The van der Waals surface area contributed by atoms with E-state index < -0.39 is 16.1 Å². The van der Waals surface area contributed by atoms with E-state index in [0.29, 0.717) is 0 Å². The third kappa shape index (κ3) is 8.05. The number of hydrogen-bond donors (Lipinski definition) is 0. The minimum Gasteiger partial charge on any atom is -0.457 e. The summed E-state index contributed by atoms with van der Waals surface area (Å²) in [7, 11) is -3.60. The summed E-state index contributed by atoms with van der Waals surface area (Å²) in [5.41, 5.74) is 10.1. The molecule has 0 bridgehead atoms. The normalized spacial score (nSPS) is 12.1. The number of rotatable bonds is 10. The highest BCUT2D eigenvalue weighted by Gasteiger charge is 2.23. The zero-order chi connectivity index (χ0) is 46.9. The van der Waals surface area contributed by atoms with Gasteiger partial charge in [-0.05, 0) is 110 Å². The topological polar surface area (TPSA) is 79.9 Å². The van der Waals surface area contributed by atoms with Gasteiger partial charge in [-0.3, -0.25) is 19.1 Å². The number of benzene rings is 6. The lowest BCUT2D eigenvalue weighted by Crippen LogP contribution is -2.37. The van der Waals surface area contributed by atoms with Gasteiger partial charge in [0.1, 0.15) is 34.6 Å². The molecule has 0 aliphatic heterocycles. The number of ether oxygens (including phenoxy) is 2. The molecule has 0 amide bonds. The summed E-state index contributed by atoms with van der Waals surface area (Å²) in [4.78, 5) is 19.7. The van der Waals surface area contributed by atoms with Crippen molar-refractivity contribution in [2.75, 3.05) is 0 Å². The maximum atomic E-state index is 6.79. The van der Waals surface area contributed by atoms with Crippen LogP contribution in [0.4, 0.5) is 0 Å². The lowest BCUT2D eigenvalue weighted by Gasteiger charge is -2.20. The molecular formula is C58H52N6O2Si2. The smallest absolute Gasteiger partial charge is 0.137 e. The quantitative estimate of drug-likeness (QED) is 0.127. The van der Waals surface area contributed by atoms with E-state index in [1.807, 2.05) is 36.9 Å². The number of nitrogens with zero attached hydrogens (tertiary/aromatic N) is 6. The first-order valence-electron chi connectivity index (χ1n) is 23.2. The zero-order valence-electron chi connectivity index (χ0n) is 39.7. The monoisotopic (exact) mass is 920 g/mol. The molecule has 10 heteroatoms. The van der Waals surface area contributed by atoms with Crippen LogP contribution >= 0.6 is 0 Å². The maximum Gasteiger partial charge on any atom is 0.137 e. The number of aryl methyl sites for hydroxylation is 2. The summed E-state index contributed by atoms with van der Waals surface area (Å²) in [5.74, 6) is 4.78. The lowest BCUT2D eigenvalue weighted by molar-refractivity contribution is 0.483. The van der Waals surface area contributed by atoms with Gasteiger partial charge in [-0.1, -0.05) is 98.2 Å². The fourth-order valence-corrected chi connectivity index (χ4v) is 11.5. The van der Waals surface area contributed by atoms with E-state index in [9.17, 15) is 0 Å². The van der Waals surface area contributed by atoms with Gasteiger partial charge in [0.25, 0.3) is 0 Å². The molecule has 0 N–H and O–H groups in total. The molecule has 0 radical (unpaired) electrons. The first-order valence-corrected chi connectivity index (χ1v) is 30.2.